The van der Waals surface area contributed by atoms with E-state index in [2.05, 4.69) is 21.4 Å². The van der Waals surface area contributed by atoms with Crippen LogP contribution < -0.4 is 5.73 Å². The Morgan fingerprint density at radius 3 is 3.31 bits per heavy atom. The summed E-state index contributed by atoms with van der Waals surface area (Å²) in [7, 11) is 0. The molecule has 1 aliphatic carbocycles. The summed E-state index contributed by atoms with van der Waals surface area (Å²) in [5.41, 5.74) is 9.12. The SMILES string of the molecule is Nc1nc2c([nH]1)CCc1sccc1-2. The first kappa shape index (κ1) is 7.15. The first-order valence-electron chi connectivity index (χ1n) is 4.25. The quantitative estimate of drug-likeness (QED) is 0.667. The molecule has 0 aromatic carbocycles. The standard InChI is InChI=1S/C9H9N3S/c10-9-11-6-1-2-7-5(3-4-13-7)8(6)12-9/h3-4H,1-2H2,(H3,10,11,12). The van der Waals surface area contributed by atoms with Crippen LogP contribution in [0, 0.1) is 0 Å². The number of H-pyrrole nitrogens is 1. The van der Waals surface area contributed by atoms with Gasteiger partial charge in [0.1, 0.15) is 0 Å². The van der Waals surface area contributed by atoms with E-state index in [1.54, 1.807) is 11.3 Å². The molecule has 0 spiro atoms. The summed E-state index contributed by atoms with van der Waals surface area (Å²) >= 11 is 1.80. The fourth-order valence-corrected chi connectivity index (χ4v) is 2.70. The van der Waals surface area contributed by atoms with Crippen LogP contribution in [-0.4, -0.2) is 9.97 Å². The summed E-state index contributed by atoms with van der Waals surface area (Å²) in [4.78, 5) is 8.82. The Morgan fingerprint density at radius 1 is 1.46 bits per heavy atom. The van der Waals surface area contributed by atoms with Crippen molar-refractivity contribution in [2.75, 3.05) is 5.73 Å². The third-order valence-corrected chi connectivity index (χ3v) is 3.38. The maximum absolute atomic E-state index is 5.62. The predicted octanol–water partition coefficient (Wildman–Crippen LogP) is 1.82. The molecule has 3 rings (SSSR count). The van der Waals surface area contributed by atoms with E-state index in [0.29, 0.717) is 5.95 Å². The second kappa shape index (κ2) is 2.35. The molecular weight excluding hydrogens is 182 g/mol. The number of aromatic nitrogens is 2. The molecule has 3 nitrogen and oxygen atoms in total. The highest BCUT2D eigenvalue weighted by Crippen LogP contribution is 2.35. The van der Waals surface area contributed by atoms with Crippen molar-refractivity contribution in [2.24, 2.45) is 0 Å². The van der Waals surface area contributed by atoms with Gasteiger partial charge in [-0.15, -0.1) is 11.3 Å². The lowest BCUT2D eigenvalue weighted by molar-refractivity contribution is 0.927. The number of aromatic amines is 1. The van der Waals surface area contributed by atoms with Crippen molar-refractivity contribution in [1.82, 2.24) is 9.97 Å². The van der Waals surface area contributed by atoms with Crippen molar-refractivity contribution < 1.29 is 0 Å². The molecule has 0 amide bonds. The second-order valence-corrected chi connectivity index (χ2v) is 4.21. The van der Waals surface area contributed by atoms with E-state index in [0.717, 1.165) is 18.5 Å². The molecule has 0 atom stereocenters. The third-order valence-electron chi connectivity index (χ3n) is 2.40. The fourth-order valence-electron chi connectivity index (χ4n) is 1.82. The van der Waals surface area contributed by atoms with Gasteiger partial charge in [0.25, 0.3) is 0 Å². The summed E-state index contributed by atoms with van der Waals surface area (Å²) in [6, 6.07) is 2.12. The monoisotopic (exact) mass is 191 g/mol. The number of nitrogens with zero attached hydrogens (tertiary/aromatic N) is 1. The van der Waals surface area contributed by atoms with Gasteiger partial charge in [0, 0.05) is 16.1 Å². The Kier molecular flexibility index (Phi) is 1.29. The van der Waals surface area contributed by atoms with Gasteiger partial charge in [-0.05, 0) is 24.3 Å². The minimum absolute atomic E-state index is 0.532. The molecule has 0 saturated heterocycles. The largest absolute Gasteiger partial charge is 0.369 e. The minimum Gasteiger partial charge on any atom is -0.369 e. The molecule has 3 N–H and O–H groups in total. The lowest BCUT2D eigenvalue weighted by atomic mass is 10.0. The summed E-state index contributed by atoms with van der Waals surface area (Å²) in [5.74, 6) is 0.532. The zero-order valence-electron chi connectivity index (χ0n) is 7.00. The van der Waals surface area contributed by atoms with E-state index in [1.165, 1.54) is 16.1 Å². The van der Waals surface area contributed by atoms with Crippen molar-refractivity contribution in [3.8, 4) is 11.3 Å². The van der Waals surface area contributed by atoms with E-state index in [4.69, 9.17) is 5.73 Å². The van der Waals surface area contributed by atoms with Gasteiger partial charge >= 0.3 is 0 Å². The van der Waals surface area contributed by atoms with Crippen molar-refractivity contribution in [3.05, 3.63) is 22.0 Å². The number of hydrogen-bond donors (Lipinski definition) is 2. The van der Waals surface area contributed by atoms with Crippen molar-refractivity contribution in [2.45, 2.75) is 12.8 Å². The minimum atomic E-state index is 0.532. The van der Waals surface area contributed by atoms with Crippen LogP contribution in [0.1, 0.15) is 10.6 Å². The third kappa shape index (κ3) is 0.920. The first-order chi connectivity index (χ1) is 6.34. The van der Waals surface area contributed by atoms with Gasteiger partial charge in [0.2, 0.25) is 0 Å². The smallest absolute Gasteiger partial charge is 0.198 e. The zero-order chi connectivity index (χ0) is 8.84. The lowest BCUT2D eigenvalue weighted by Gasteiger charge is -2.09. The zero-order valence-corrected chi connectivity index (χ0v) is 7.82. The van der Waals surface area contributed by atoms with Gasteiger partial charge < -0.3 is 10.7 Å². The number of fused-ring (bicyclic) bond motifs is 3. The highest BCUT2D eigenvalue weighted by Gasteiger charge is 2.20. The Morgan fingerprint density at radius 2 is 2.38 bits per heavy atom. The van der Waals surface area contributed by atoms with Crippen LogP contribution in [0.5, 0.6) is 0 Å². The van der Waals surface area contributed by atoms with Crippen LogP contribution in [0.25, 0.3) is 11.3 Å². The van der Waals surface area contributed by atoms with Crippen LogP contribution in [0.4, 0.5) is 5.95 Å². The summed E-state index contributed by atoms with van der Waals surface area (Å²) in [6.45, 7) is 0. The Bertz CT molecular complexity index is 455. The molecule has 4 heteroatoms. The number of nitrogens with one attached hydrogen (secondary N) is 1. The Labute approximate surface area is 79.6 Å². The first-order valence-corrected chi connectivity index (χ1v) is 5.13. The number of aryl methyl sites for hydroxylation is 2. The molecule has 66 valence electrons. The average Bonchev–Trinajstić information content (AvgIpc) is 2.65. The van der Waals surface area contributed by atoms with Crippen molar-refractivity contribution in [3.63, 3.8) is 0 Å². The molecule has 1 aliphatic rings. The Hall–Kier alpha value is -1.29. The lowest BCUT2D eigenvalue weighted by Crippen LogP contribution is -1.99. The molecule has 2 heterocycles. The number of thiophene rings is 1. The molecule has 0 bridgehead atoms. The number of rotatable bonds is 0. The molecule has 13 heavy (non-hydrogen) atoms. The predicted molar refractivity (Wildman–Crippen MR) is 53.7 cm³/mol. The topological polar surface area (TPSA) is 54.7 Å². The molecule has 0 aliphatic heterocycles. The highest BCUT2D eigenvalue weighted by atomic mass is 32.1. The van der Waals surface area contributed by atoms with E-state index in [9.17, 15) is 0 Å². The average molecular weight is 191 g/mol. The van der Waals surface area contributed by atoms with Crippen LogP contribution in [0.15, 0.2) is 11.4 Å². The van der Waals surface area contributed by atoms with Gasteiger partial charge in [0.15, 0.2) is 5.95 Å². The van der Waals surface area contributed by atoms with Crippen LogP contribution in [-0.2, 0) is 12.8 Å². The molecule has 2 aromatic rings. The van der Waals surface area contributed by atoms with Gasteiger partial charge in [-0.2, -0.15) is 0 Å². The van der Waals surface area contributed by atoms with E-state index in [-0.39, 0.29) is 0 Å². The van der Waals surface area contributed by atoms with Gasteiger partial charge in [-0.1, -0.05) is 0 Å². The summed E-state index contributed by atoms with van der Waals surface area (Å²) in [6.07, 6.45) is 2.15. The molecule has 0 unspecified atom stereocenters. The van der Waals surface area contributed by atoms with Crippen molar-refractivity contribution in [1.29, 1.82) is 0 Å². The number of nitrogen functional groups attached to an aromatic ring is 1. The molecule has 2 aromatic heterocycles. The van der Waals surface area contributed by atoms with Crippen LogP contribution in [0.2, 0.25) is 0 Å². The molecule has 0 fully saturated rings. The maximum atomic E-state index is 5.62. The molecule has 0 radical (unpaired) electrons. The van der Waals surface area contributed by atoms with E-state index < -0.39 is 0 Å². The van der Waals surface area contributed by atoms with Crippen LogP contribution in [0.3, 0.4) is 0 Å². The fraction of sp³-hybridized carbons (Fsp3) is 0.222. The van der Waals surface area contributed by atoms with Gasteiger partial charge in [-0.25, -0.2) is 4.98 Å². The molecule has 0 saturated carbocycles. The highest BCUT2D eigenvalue weighted by molar-refractivity contribution is 7.10. The number of anilines is 1. The number of hydrogen-bond acceptors (Lipinski definition) is 3. The molecular formula is C9H9N3S. The normalized spacial score (nSPS) is 13.8. The van der Waals surface area contributed by atoms with E-state index in [1.807, 2.05) is 0 Å². The second-order valence-electron chi connectivity index (χ2n) is 3.21. The van der Waals surface area contributed by atoms with Crippen LogP contribution >= 0.6 is 11.3 Å². The van der Waals surface area contributed by atoms with Gasteiger partial charge in [-0.3, -0.25) is 0 Å². The Balaban J connectivity index is 2.29. The maximum Gasteiger partial charge on any atom is 0.198 e. The van der Waals surface area contributed by atoms with Crippen molar-refractivity contribution >= 4 is 17.3 Å². The van der Waals surface area contributed by atoms with Gasteiger partial charge in [0.05, 0.1) is 5.69 Å². The number of imidazole rings is 1. The summed E-state index contributed by atoms with van der Waals surface area (Å²) < 4.78 is 0. The van der Waals surface area contributed by atoms with E-state index >= 15 is 0 Å². The summed E-state index contributed by atoms with van der Waals surface area (Å²) in [5, 5.41) is 2.12. The number of nitrogens with two attached hydrogens (primary N) is 1.